The number of aromatic nitrogens is 1. The smallest absolute Gasteiger partial charge is 0.247 e. The minimum atomic E-state index is -3.23. The topological polar surface area (TPSA) is 99.3 Å². The third-order valence-corrected chi connectivity index (χ3v) is 7.28. The lowest BCUT2D eigenvalue weighted by Gasteiger charge is -2.23. The lowest BCUT2D eigenvalue weighted by molar-refractivity contribution is -0.111. The summed E-state index contributed by atoms with van der Waals surface area (Å²) >= 11 is 0. The highest BCUT2D eigenvalue weighted by Gasteiger charge is 2.22. The number of carbonyl (C=O) groups excluding carboxylic acids is 2. The number of nitrogens with zero attached hydrogens (tertiary/aromatic N) is 1. The number of nitrogens with one attached hydrogen (secondary N) is 2. The van der Waals surface area contributed by atoms with Gasteiger partial charge in [0.2, 0.25) is 15.9 Å². The molecule has 2 N–H and O–H groups in total. The van der Waals surface area contributed by atoms with Gasteiger partial charge < -0.3 is 10.3 Å². The summed E-state index contributed by atoms with van der Waals surface area (Å²) in [5.41, 5.74) is 6.60. The van der Waals surface area contributed by atoms with Crippen LogP contribution in [0.3, 0.4) is 0 Å². The Morgan fingerprint density at radius 1 is 1.21 bits per heavy atom. The molecule has 1 aliphatic heterocycles. The van der Waals surface area contributed by atoms with Crippen molar-refractivity contribution >= 4 is 44.4 Å². The maximum atomic E-state index is 11.8. The van der Waals surface area contributed by atoms with Crippen LogP contribution in [0.1, 0.15) is 28.0 Å². The van der Waals surface area contributed by atoms with E-state index in [1.54, 1.807) is 6.07 Å². The average molecular weight is 464 g/mol. The van der Waals surface area contributed by atoms with Crippen LogP contribution in [-0.2, 0) is 14.8 Å². The summed E-state index contributed by atoms with van der Waals surface area (Å²) in [7, 11) is -3.23. The Hall–Kier alpha value is -3.49. The van der Waals surface area contributed by atoms with Crippen LogP contribution in [0, 0.1) is 6.92 Å². The van der Waals surface area contributed by atoms with E-state index >= 15 is 0 Å². The van der Waals surface area contributed by atoms with Crippen molar-refractivity contribution in [3.63, 3.8) is 0 Å². The lowest BCUT2D eigenvalue weighted by Crippen LogP contribution is -2.33. The number of aromatic amines is 1. The van der Waals surface area contributed by atoms with Gasteiger partial charge in [0.25, 0.3) is 0 Å². The lowest BCUT2D eigenvalue weighted by atomic mass is 9.94. The molecular formula is C25H25N3O4S. The summed E-state index contributed by atoms with van der Waals surface area (Å²) < 4.78 is 25.1. The standard InChI is InChI=1S/C25H25N3O4S/c1-4-24(30)26-22-7-5-6-19(16(22)2)20-9-8-18(15-29)25-21(20)14-23(27-25)17-10-12-28(13-11-17)33(3,31)32/h4-10,14-15,27H,1,11-13H2,2-3H3,(H,26,30). The Labute approximate surface area is 192 Å². The first-order chi connectivity index (χ1) is 15.7. The zero-order valence-electron chi connectivity index (χ0n) is 18.5. The van der Waals surface area contributed by atoms with E-state index in [9.17, 15) is 18.0 Å². The van der Waals surface area contributed by atoms with Gasteiger partial charge in [-0.1, -0.05) is 30.9 Å². The van der Waals surface area contributed by atoms with E-state index in [-0.39, 0.29) is 5.91 Å². The maximum Gasteiger partial charge on any atom is 0.247 e. The highest BCUT2D eigenvalue weighted by molar-refractivity contribution is 7.88. The molecule has 3 aromatic rings. The van der Waals surface area contributed by atoms with Gasteiger partial charge in [-0.3, -0.25) is 9.59 Å². The first-order valence-corrected chi connectivity index (χ1v) is 12.4. The minimum Gasteiger partial charge on any atom is -0.354 e. The fourth-order valence-corrected chi connectivity index (χ4v) is 4.96. The van der Waals surface area contributed by atoms with Crippen LogP contribution < -0.4 is 5.32 Å². The number of hydrogen-bond acceptors (Lipinski definition) is 4. The number of rotatable bonds is 6. The Balaban J connectivity index is 1.81. The van der Waals surface area contributed by atoms with Crippen molar-refractivity contribution in [1.82, 2.24) is 9.29 Å². The molecule has 0 atom stereocenters. The normalized spacial score (nSPS) is 14.7. The molecule has 33 heavy (non-hydrogen) atoms. The van der Waals surface area contributed by atoms with E-state index in [0.717, 1.165) is 45.1 Å². The molecule has 0 radical (unpaired) electrons. The number of amides is 1. The first kappa shape index (κ1) is 22.7. The van der Waals surface area contributed by atoms with Crippen LogP contribution in [0.4, 0.5) is 5.69 Å². The van der Waals surface area contributed by atoms with Crippen molar-refractivity contribution in [2.45, 2.75) is 13.3 Å². The van der Waals surface area contributed by atoms with Gasteiger partial charge in [-0.05, 0) is 59.9 Å². The number of benzene rings is 2. The summed E-state index contributed by atoms with van der Waals surface area (Å²) in [6.45, 7) is 6.17. The molecule has 0 saturated carbocycles. The fraction of sp³-hybridized carbons (Fsp3) is 0.200. The van der Waals surface area contributed by atoms with Gasteiger partial charge in [0.1, 0.15) is 0 Å². The molecule has 1 aliphatic rings. The molecule has 7 nitrogen and oxygen atoms in total. The number of carbonyl (C=O) groups is 2. The van der Waals surface area contributed by atoms with E-state index in [1.165, 1.54) is 16.6 Å². The molecule has 0 bridgehead atoms. The first-order valence-electron chi connectivity index (χ1n) is 10.5. The molecule has 2 aromatic carbocycles. The Kier molecular flexibility index (Phi) is 6.05. The summed E-state index contributed by atoms with van der Waals surface area (Å²) in [6.07, 6.45) is 5.75. The highest BCUT2D eigenvalue weighted by Crippen LogP contribution is 2.37. The molecule has 170 valence electrons. The second-order valence-electron chi connectivity index (χ2n) is 8.06. The number of H-pyrrole nitrogens is 1. The van der Waals surface area contributed by atoms with Crippen molar-refractivity contribution in [2.24, 2.45) is 0 Å². The Bertz CT molecular complexity index is 1420. The van der Waals surface area contributed by atoms with Crippen LogP contribution in [0.25, 0.3) is 27.6 Å². The third kappa shape index (κ3) is 4.40. The molecule has 0 fully saturated rings. The van der Waals surface area contributed by atoms with Crippen molar-refractivity contribution in [3.05, 3.63) is 72.0 Å². The van der Waals surface area contributed by atoms with Gasteiger partial charge in [-0.25, -0.2) is 8.42 Å². The zero-order chi connectivity index (χ0) is 23.8. The van der Waals surface area contributed by atoms with Crippen LogP contribution in [-0.4, -0.2) is 49.2 Å². The zero-order valence-corrected chi connectivity index (χ0v) is 19.3. The fourth-order valence-electron chi connectivity index (χ4n) is 4.19. The van der Waals surface area contributed by atoms with Gasteiger partial charge in [-0.2, -0.15) is 4.31 Å². The average Bonchev–Trinajstić information content (AvgIpc) is 3.25. The van der Waals surface area contributed by atoms with E-state index in [1.807, 2.05) is 43.3 Å². The number of aldehydes is 1. The molecule has 1 amide bonds. The minimum absolute atomic E-state index is 0.284. The summed E-state index contributed by atoms with van der Waals surface area (Å²) in [5.74, 6) is -0.284. The molecule has 8 heteroatoms. The molecule has 0 saturated heterocycles. The number of anilines is 1. The van der Waals surface area contributed by atoms with Gasteiger partial charge in [0.15, 0.2) is 6.29 Å². The Morgan fingerprint density at radius 2 is 2.00 bits per heavy atom. The van der Waals surface area contributed by atoms with E-state index in [2.05, 4.69) is 16.9 Å². The molecule has 4 rings (SSSR count). The van der Waals surface area contributed by atoms with E-state index in [0.29, 0.717) is 30.8 Å². The van der Waals surface area contributed by atoms with Gasteiger partial charge in [0.05, 0.1) is 11.8 Å². The quantitative estimate of drug-likeness (QED) is 0.424. The highest BCUT2D eigenvalue weighted by atomic mass is 32.2. The van der Waals surface area contributed by atoms with Crippen molar-refractivity contribution in [3.8, 4) is 11.1 Å². The number of hydrogen-bond donors (Lipinski definition) is 2. The molecule has 0 spiro atoms. The molecule has 0 aliphatic carbocycles. The third-order valence-electron chi connectivity index (χ3n) is 6.01. The molecule has 0 unspecified atom stereocenters. The summed E-state index contributed by atoms with van der Waals surface area (Å²) in [5, 5.41) is 3.72. The number of sulfonamides is 1. The van der Waals surface area contributed by atoms with Gasteiger partial charge >= 0.3 is 0 Å². The Morgan fingerprint density at radius 3 is 2.64 bits per heavy atom. The van der Waals surface area contributed by atoms with Crippen molar-refractivity contribution in [1.29, 1.82) is 0 Å². The maximum absolute atomic E-state index is 11.8. The van der Waals surface area contributed by atoms with Crippen LogP contribution in [0.2, 0.25) is 0 Å². The largest absolute Gasteiger partial charge is 0.354 e. The SMILES string of the molecule is C=CC(=O)Nc1cccc(-c2ccc(C=O)c3[nH]c(C4=CCN(S(C)(=O)=O)CC4)cc23)c1C. The van der Waals surface area contributed by atoms with Crippen LogP contribution in [0.15, 0.2) is 55.1 Å². The second-order valence-corrected chi connectivity index (χ2v) is 10.0. The van der Waals surface area contributed by atoms with Crippen molar-refractivity contribution < 1.29 is 18.0 Å². The van der Waals surface area contributed by atoms with E-state index in [4.69, 9.17) is 0 Å². The molecule has 1 aromatic heterocycles. The molecular weight excluding hydrogens is 438 g/mol. The van der Waals surface area contributed by atoms with E-state index < -0.39 is 10.0 Å². The van der Waals surface area contributed by atoms with Gasteiger partial charge in [-0.15, -0.1) is 0 Å². The monoisotopic (exact) mass is 463 g/mol. The summed E-state index contributed by atoms with van der Waals surface area (Å²) in [6, 6.07) is 11.4. The molecule has 2 heterocycles. The number of fused-ring (bicyclic) bond motifs is 1. The predicted octanol–water partition coefficient (Wildman–Crippen LogP) is 4.13. The summed E-state index contributed by atoms with van der Waals surface area (Å²) in [4.78, 5) is 26.9. The predicted molar refractivity (Wildman–Crippen MR) is 132 cm³/mol. The van der Waals surface area contributed by atoms with Crippen LogP contribution in [0.5, 0.6) is 0 Å². The van der Waals surface area contributed by atoms with Gasteiger partial charge in [0, 0.05) is 35.4 Å². The second kappa shape index (κ2) is 8.80. The van der Waals surface area contributed by atoms with Crippen LogP contribution >= 0.6 is 0 Å². The van der Waals surface area contributed by atoms with Crippen molar-refractivity contribution in [2.75, 3.05) is 24.7 Å².